The second-order valence-electron chi connectivity index (χ2n) is 3.79. The molecular formula is C10H23O5P. The molecule has 0 aromatic heterocycles. The summed E-state index contributed by atoms with van der Waals surface area (Å²) in [6, 6.07) is 0. The van der Waals surface area contributed by atoms with E-state index in [2.05, 4.69) is 0 Å². The summed E-state index contributed by atoms with van der Waals surface area (Å²) < 4.78 is 31.5. The second kappa shape index (κ2) is 10.2. The Balaban J connectivity index is 3.25. The Morgan fingerprint density at radius 3 is 1.50 bits per heavy atom. The van der Waals surface area contributed by atoms with Gasteiger partial charge in [0.25, 0.3) is 0 Å². The van der Waals surface area contributed by atoms with Gasteiger partial charge < -0.3 is 18.5 Å². The van der Waals surface area contributed by atoms with E-state index in [0.717, 1.165) is 0 Å². The van der Waals surface area contributed by atoms with Crippen molar-refractivity contribution in [2.75, 3.05) is 26.4 Å². The van der Waals surface area contributed by atoms with Gasteiger partial charge in [0.15, 0.2) is 0 Å². The van der Waals surface area contributed by atoms with E-state index >= 15 is 0 Å². The van der Waals surface area contributed by atoms with Crippen molar-refractivity contribution >= 4 is 8.25 Å². The molecule has 0 saturated carbocycles. The quantitative estimate of drug-likeness (QED) is 0.442. The average molecular weight is 254 g/mol. The summed E-state index contributed by atoms with van der Waals surface area (Å²) in [7, 11) is -2.40. The Morgan fingerprint density at radius 2 is 1.19 bits per heavy atom. The first-order chi connectivity index (χ1) is 7.52. The van der Waals surface area contributed by atoms with Gasteiger partial charge in [0.1, 0.15) is 0 Å². The van der Waals surface area contributed by atoms with E-state index in [0.29, 0.717) is 26.4 Å². The summed E-state index contributed by atoms with van der Waals surface area (Å²) in [5.41, 5.74) is 0. The Hall–Kier alpha value is 0.0700. The van der Waals surface area contributed by atoms with E-state index in [9.17, 15) is 4.57 Å². The number of hydrogen-bond donors (Lipinski definition) is 0. The summed E-state index contributed by atoms with van der Waals surface area (Å²) in [5.74, 6) is 0. The summed E-state index contributed by atoms with van der Waals surface area (Å²) in [5, 5.41) is 0. The third kappa shape index (κ3) is 12.1. The Bertz CT molecular complexity index is 166. The Morgan fingerprint density at radius 1 is 0.812 bits per heavy atom. The summed E-state index contributed by atoms with van der Waals surface area (Å²) in [4.78, 5) is 0. The van der Waals surface area contributed by atoms with E-state index in [1.165, 1.54) is 0 Å². The fourth-order valence-electron chi connectivity index (χ4n) is 0.859. The third-order valence-corrected chi connectivity index (χ3v) is 2.39. The van der Waals surface area contributed by atoms with Crippen molar-refractivity contribution in [3.05, 3.63) is 0 Å². The molecule has 0 heterocycles. The Labute approximate surface area is 98.4 Å². The van der Waals surface area contributed by atoms with Gasteiger partial charge in [0.05, 0.1) is 38.6 Å². The van der Waals surface area contributed by atoms with Gasteiger partial charge in [0, 0.05) is 0 Å². The summed E-state index contributed by atoms with van der Waals surface area (Å²) in [6.07, 6.45) is 0.317. The highest BCUT2D eigenvalue weighted by Gasteiger charge is 2.01. The molecule has 0 rings (SSSR count). The van der Waals surface area contributed by atoms with Crippen LogP contribution in [0.5, 0.6) is 0 Å². The lowest BCUT2D eigenvalue weighted by molar-refractivity contribution is 0.0414. The van der Waals surface area contributed by atoms with Crippen molar-refractivity contribution in [2.24, 2.45) is 0 Å². The number of rotatable bonds is 10. The van der Waals surface area contributed by atoms with Gasteiger partial charge in [-0.3, -0.25) is 4.57 Å². The topological polar surface area (TPSA) is 54.0 Å². The van der Waals surface area contributed by atoms with Crippen LogP contribution in [0, 0.1) is 0 Å². The fraction of sp³-hybridized carbons (Fsp3) is 1.00. The van der Waals surface area contributed by atoms with Crippen molar-refractivity contribution in [2.45, 2.75) is 39.9 Å². The maximum Gasteiger partial charge on any atom is 0.319 e. The first kappa shape index (κ1) is 16.1. The molecule has 0 radical (unpaired) electrons. The van der Waals surface area contributed by atoms with Crippen LogP contribution in [0.15, 0.2) is 0 Å². The van der Waals surface area contributed by atoms with Crippen LogP contribution in [0.1, 0.15) is 27.7 Å². The molecule has 5 nitrogen and oxygen atoms in total. The van der Waals surface area contributed by atoms with Crippen LogP contribution in [0.3, 0.4) is 0 Å². The molecule has 0 aromatic rings. The van der Waals surface area contributed by atoms with Gasteiger partial charge in [0.2, 0.25) is 0 Å². The molecule has 0 N–H and O–H groups in total. The van der Waals surface area contributed by atoms with Crippen molar-refractivity contribution in [3.63, 3.8) is 0 Å². The van der Waals surface area contributed by atoms with Crippen LogP contribution >= 0.6 is 8.25 Å². The SMILES string of the molecule is CC(C)OCCO[PH](=O)OCCOC(C)C. The molecule has 0 amide bonds. The minimum Gasteiger partial charge on any atom is -0.376 e. The molecule has 0 spiro atoms. The Kier molecular flexibility index (Phi) is 10.3. The van der Waals surface area contributed by atoms with E-state index in [1.54, 1.807) is 0 Å². The molecule has 0 fully saturated rings. The third-order valence-electron chi connectivity index (χ3n) is 1.51. The van der Waals surface area contributed by atoms with Gasteiger partial charge >= 0.3 is 8.25 Å². The predicted octanol–water partition coefficient (Wildman–Crippen LogP) is 2.26. The van der Waals surface area contributed by atoms with Gasteiger partial charge in [-0.2, -0.15) is 0 Å². The van der Waals surface area contributed by atoms with Crippen molar-refractivity contribution in [1.82, 2.24) is 0 Å². The summed E-state index contributed by atoms with van der Waals surface area (Å²) in [6.45, 7) is 9.18. The van der Waals surface area contributed by atoms with Crippen LogP contribution < -0.4 is 0 Å². The van der Waals surface area contributed by atoms with Gasteiger partial charge in [-0.25, -0.2) is 0 Å². The zero-order chi connectivity index (χ0) is 12.4. The van der Waals surface area contributed by atoms with Crippen molar-refractivity contribution < 1.29 is 23.1 Å². The normalized spacial score (nSPS) is 11.9. The minimum atomic E-state index is -2.40. The van der Waals surface area contributed by atoms with E-state index < -0.39 is 8.25 Å². The number of ether oxygens (including phenoxy) is 2. The molecule has 6 heteroatoms. The molecule has 0 aliphatic rings. The molecule has 0 unspecified atom stereocenters. The lowest BCUT2D eigenvalue weighted by Gasteiger charge is -2.09. The monoisotopic (exact) mass is 254 g/mol. The van der Waals surface area contributed by atoms with Gasteiger partial charge in [-0.1, -0.05) is 0 Å². The van der Waals surface area contributed by atoms with Crippen LogP contribution in [-0.4, -0.2) is 38.6 Å². The average Bonchev–Trinajstić information content (AvgIpc) is 2.19. The molecular weight excluding hydrogens is 231 g/mol. The number of hydrogen-bond acceptors (Lipinski definition) is 5. The highest BCUT2D eigenvalue weighted by atomic mass is 31.1. The lowest BCUT2D eigenvalue weighted by atomic mass is 10.5. The van der Waals surface area contributed by atoms with Crippen LogP contribution in [0.2, 0.25) is 0 Å². The van der Waals surface area contributed by atoms with Crippen LogP contribution in [-0.2, 0) is 23.1 Å². The standard InChI is InChI=1S/C10H23O5P/c1-9(2)12-5-7-14-16(11)15-8-6-13-10(3)4/h9-10,16H,5-8H2,1-4H3. The maximum absolute atomic E-state index is 11.2. The largest absolute Gasteiger partial charge is 0.376 e. The van der Waals surface area contributed by atoms with Crippen molar-refractivity contribution in [1.29, 1.82) is 0 Å². The molecule has 0 aliphatic heterocycles. The maximum atomic E-state index is 11.2. The first-order valence-corrected chi connectivity index (χ1v) is 6.77. The molecule has 0 saturated heterocycles. The minimum absolute atomic E-state index is 0.159. The molecule has 0 aromatic carbocycles. The second-order valence-corrected chi connectivity index (χ2v) is 4.86. The van der Waals surface area contributed by atoms with Crippen molar-refractivity contribution in [3.8, 4) is 0 Å². The van der Waals surface area contributed by atoms with E-state index in [4.69, 9.17) is 18.5 Å². The van der Waals surface area contributed by atoms with Gasteiger partial charge in [-0.05, 0) is 27.7 Å². The smallest absolute Gasteiger partial charge is 0.319 e. The molecule has 0 aliphatic carbocycles. The molecule has 0 bridgehead atoms. The highest BCUT2D eigenvalue weighted by molar-refractivity contribution is 7.33. The van der Waals surface area contributed by atoms with Crippen LogP contribution in [0.25, 0.3) is 0 Å². The molecule has 0 atom stereocenters. The molecule has 98 valence electrons. The zero-order valence-corrected chi connectivity index (χ0v) is 11.5. The van der Waals surface area contributed by atoms with E-state index in [-0.39, 0.29) is 12.2 Å². The van der Waals surface area contributed by atoms with Gasteiger partial charge in [-0.15, -0.1) is 0 Å². The summed E-state index contributed by atoms with van der Waals surface area (Å²) >= 11 is 0. The first-order valence-electron chi connectivity index (χ1n) is 5.55. The zero-order valence-electron chi connectivity index (χ0n) is 10.5. The lowest BCUT2D eigenvalue weighted by Crippen LogP contribution is -2.09. The highest BCUT2D eigenvalue weighted by Crippen LogP contribution is 2.22. The fourth-order valence-corrected chi connectivity index (χ4v) is 1.44. The predicted molar refractivity (Wildman–Crippen MR) is 63.1 cm³/mol. The van der Waals surface area contributed by atoms with Crippen LogP contribution in [0.4, 0.5) is 0 Å². The molecule has 16 heavy (non-hydrogen) atoms. The van der Waals surface area contributed by atoms with E-state index in [1.807, 2.05) is 27.7 Å².